The zero-order chi connectivity index (χ0) is 34.6. The van der Waals surface area contributed by atoms with Gasteiger partial charge in [-0.05, 0) is 165 Å². The first kappa shape index (κ1) is 34.6. The Bertz CT molecular complexity index is 1410. The minimum Gasteiger partial charge on any atom is -0.481 e. The van der Waals surface area contributed by atoms with Crippen molar-refractivity contribution in [3.63, 3.8) is 0 Å². The molecule has 13 atom stereocenters. The maximum Gasteiger partial charge on any atom is 0.306 e. The van der Waals surface area contributed by atoms with Crippen molar-refractivity contribution in [2.45, 2.75) is 137 Å². The summed E-state index contributed by atoms with van der Waals surface area (Å²) in [6, 6.07) is 0. The quantitative estimate of drug-likeness (QED) is 0.169. The summed E-state index contributed by atoms with van der Waals surface area (Å²) in [5.41, 5.74) is 5.80. The standard InChI is InChI=1S/C44H68N2O3/c1-27(2)31-14-19-44(46-23-22-45-25-35-32-24-30(32)26-49-35)21-20-42(6)34(38(31)44)12-13-37-41(5)17-15-33(28-8-10-29(11-9-28)39(47)48)40(3,4)36(41)16-18-43(37,42)7/h8,15,29-32,34-38,45-46H,1,9-14,16-26H2,2-7H3,(H,47,48)/t29?,30?,31-,32?,34+,35+,36-,37+,38+,41-,42+,43+,44-/m0/s1. The van der Waals surface area contributed by atoms with Gasteiger partial charge in [-0.2, -0.15) is 0 Å². The zero-order valence-electron chi connectivity index (χ0n) is 31.8. The lowest BCUT2D eigenvalue weighted by molar-refractivity contribution is -0.221. The molecule has 3 N–H and O–H groups in total. The fourth-order valence-electron chi connectivity index (χ4n) is 15.1. The van der Waals surface area contributed by atoms with Gasteiger partial charge in [0, 0.05) is 25.2 Å². The van der Waals surface area contributed by atoms with Crippen LogP contribution in [0, 0.1) is 69.0 Å². The molecule has 0 aromatic heterocycles. The Labute approximate surface area is 297 Å². The second-order valence-corrected chi connectivity index (χ2v) is 20.1. The average Bonchev–Trinajstić information content (AvgIpc) is 3.56. The first-order valence-corrected chi connectivity index (χ1v) is 20.6. The van der Waals surface area contributed by atoms with Gasteiger partial charge in [0.15, 0.2) is 0 Å². The third-order valence-electron chi connectivity index (χ3n) is 17.9. The van der Waals surface area contributed by atoms with Gasteiger partial charge in [0.1, 0.15) is 0 Å². The Kier molecular flexibility index (Phi) is 8.52. The Morgan fingerprint density at radius 3 is 2.45 bits per heavy atom. The summed E-state index contributed by atoms with van der Waals surface area (Å²) in [4.78, 5) is 11.7. The maximum absolute atomic E-state index is 11.7. The van der Waals surface area contributed by atoms with Crippen molar-refractivity contribution in [2.75, 3.05) is 26.2 Å². The topological polar surface area (TPSA) is 70.6 Å². The van der Waals surface area contributed by atoms with E-state index in [-0.39, 0.29) is 16.9 Å². The lowest BCUT2D eigenvalue weighted by Crippen LogP contribution is -2.68. The molecule has 6 fully saturated rings. The minimum absolute atomic E-state index is 0.119. The van der Waals surface area contributed by atoms with E-state index >= 15 is 0 Å². The predicted octanol–water partition coefficient (Wildman–Crippen LogP) is 8.96. The number of aliphatic carboxylic acids is 1. The van der Waals surface area contributed by atoms with Crippen LogP contribution < -0.4 is 10.6 Å². The largest absolute Gasteiger partial charge is 0.481 e. The highest BCUT2D eigenvalue weighted by molar-refractivity contribution is 5.70. The van der Waals surface area contributed by atoms with Crippen LogP contribution >= 0.6 is 0 Å². The average molecular weight is 673 g/mol. The molecule has 1 saturated heterocycles. The summed E-state index contributed by atoms with van der Waals surface area (Å²) < 4.78 is 6.02. The van der Waals surface area contributed by atoms with Crippen molar-refractivity contribution >= 4 is 5.97 Å². The van der Waals surface area contributed by atoms with Gasteiger partial charge in [-0.25, -0.2) is 0 Å². The fourth-order valence-corrected chi connectivity index (χ4v) is 15.1. The Hall–Kier alpha value is -1.43. The van der Waals surface area contributed by atoms with Crippen molar-refractivity contribution in [3.05, 3.63) is 35.5 Å². The highest BCUT2D eigenvalue weighted by atomic mass is 16.5. The summed E-state index contributed by atoms with van der Waals surface area (Å²) in [7, 11) is 0. The molecule has 0 aromatic carbocycles. The molecule has 3 unspecified atom stereocenters. The number of carbonyl (C=O) groups is 1. The molecule has 5 nitrogen and oxygen atoms in total. The van der Waals surface area contributed by atoms with Crippen LogP contribution in [0.4, 0.5) is 0 Å². The van der Waals surface area contributed by atoms with Crippen LogP contribution in [0.1, 0.15) is 125 Å². The third-order valence-corrected chi connectivity index (χ3v) is 17.9. The normalized spacial score (nSPS) is 49.4. The smallest absolute Gasteiger partial charge is 0.306 e. The van der Waals surface area contributed by atoms with Gasteiger partial charge in [-0.15, -0.1) is 0 Å². The zero-order valence-corrected chi connectivity index (χ0v) is 31.8. The number of rotatable bonds is 9. The predicted molar refractivity (Wildman–Crippen MR) is 198 cm³/mol. The summed E-state index contributed by atoms with van der Waals surface area (Å²) in [5, 5.41) is 17.7. The Balaban J connectivity index is 1.01. The van der Waals surface area contributed by atoms with E-state index < -0.39 is 5.97 Å². The van der Waals surface area contributed by atoms with Gasteiger partial charge >= 0.3 is 5.97 Å². The molecule has 8 rings (SSSR count). The Morgan fingerprint density at radius 2 is 1.78 bits per heavy atom. The SMILES string of the molecule is C=C(C)[C@@H]1CC[C@]2(NCCNC[C@H]3OCC4CC43)CC[C@]3(C)[C@H](CC[C@@H]4[C@@]5(C)CC=C(C6=CCC(C(=O)O)CC6)C(C)(C)[C@@H]5CC[C@]43C)[C@@H]12. The van der Waals surface area contributed by atoms with Crippen LogP contribution in [-0.2, 0) is 9.53 Å². The molecule has 49 heavy (non-hydrogen) atoms. The number of fused-ring (bicyclic) bond motifs is 8. The monoisotopic (exact) mass is 673 g/mol. The van der Waals surface area contributed by atoms with Gasteiger partial charge in [-0.3, -0.25) is 4.79 Å². The Morgan fingerprint density at radius 1 is 0.959 bits per heavy atom. The summed E-state index contributed by atoms with van der Waals surface area (Å²) in [5.74, 6) is 4.36. The van der Waals surface area contributed by atoms with Crippen molar-refractivity contribution < 1.29 is 14.6 Å². The number of carboxylic acid groups (broad SMARTS) is 1. The van der Waals surface area contributed by atoms with Crippen LogP contribution in [0.15, 0.2) is 35.5 Å². The third kappa shape index (κ3) is 5.19. The number of hydrogen-bond donors (Lipinski definition) is 3. The summed E-state index contributed by atoms with van der Waals surface area (Å²) in [6.07, 6.45) is 21.0. The minimum atomic E-state index is -0.628. The summed E-state index contributed by atoms with van der Waals surface area (Å²) >= 11 is 0. The summed E-state index contributed by atoms with van der Waals surface area (Å²) in [6.45, 7) is 24.4. The van der Waals surface area contributed by atoms with Gasteiger partial charge in [0.2, 0.25) is 0 Å². The van der Waals surface area contributed by atoms with Crippen LogP contribution in [0.25, 0.3) is 0 Å². The van der Waals surface area contributed by atoms with Crippen LogP contribution in [0.2, 0.25) is 0 Å². The van der Waals surface area contributed by atoms with Gasteiger partial charge in [0.05, 0.1) is 18.6 Å². The lowest BCUT2D eigenvalue weighted by atomic mass is 9.33. The molecule has 1 aliphatic heterocycles. The second-order valence-electron chi connectivity index (χ2n) is 20.1. The molecule has 0 radical (unpaired) electrons. The molecular formula is C44H68N2O3. The second kappa shape index (κ2) is 12.1. The first-order valence-electron chi connectivity index (χ1n) is 20.6. The molecule has 5 heteroatoms. The van der Waals surface area contributed by atoms with E-state index in [1.807, 2.05) is 0 Å². The number of allylic oxidation sites excluding steroid dienone is 5. The maximum atomic E-state index is 11.7. The van der Waals surface area contributed by atoms with E-state index in [9.17, 15) is 9.90 Å². The fraction of sp³-hybridized carbons (Fsp3) is 0.841. The van der Waals surface area contributed by atoms with Crippen LogP contribution in [0.3, 0.4) is 0 Å². The van der Waals surface area contributed by atoms with Crippen LogP contribution in [-0.4, -0.2) is 49.0 Å². The van der Waals surface area contributed by atoms with E-state index in [4.69, 9.17) is 4.74 Å². The highest BCUT2D eigenvalue weighted by Gasteiger charge is 2.70. The van der Waals surface area contributed by atoms with Crippen molar-refractivity contribution in [1.29, 1.82) is 0 Å². The van der Waals surface area contributed by atoms with Gasteiger partial charge in [-0.1, -0.05) is 58.9 Å². The van der Waals surface area contributed by atoms with Gasteiger partial charge < -0.3 is 20.5 Å². The first-order chi connectivity index (χ1) is 23.3. The van der Waals surface area contributed by atoms with Crippen LogP contribution in [0.5, 0.6) is 0 Å². The molecule has 8 aliphatic rings. The molecule has 0 aromatic rings. The molecule has 272 valence electrons. The number of carboxylic acids is 1. The molecule has 7 aliphatic carbocycles. The molecule has 0 amide bonds. The van der Waals surface area contributed by atoms with Crippen molar-refractivity contribution in [1.82, 2.24) is 10.6 Å². The molecule has 1 heterocycles. The molecule has 0 bridgehead atoms. The van der Waals surface area contributed by atoms with E-state index in [1.54, 1.807) is 5.57 Å². The number of hydrogen-bond acceptors (Lipinski definition) is 4. The van der Waals surface area contributed by atoms with E-state index in [0.29, 0.717) is 46.5 Å². The van der Waals surface area contributed by atoms with E-state index in [0.717, 1.165) is 62.8 Å². The van der Waals surface area contributed by atoms with E-state index in [2.05, 4.69) is 70.9 Å². The highest BCUT2D eigenvalue weighted by Crippen LogP contribution is 2.76. The lowest BCUT2D eigenvalue weighted by Gasteiger charge is -2.72. The molecular weight excluding hydrogens is 604 g/mol. The van der Waals surface area contributed by atoms with Crippen molar-refractivity contribution in [2.24, 2.45) is 69.0 Å². The van der Waals surface area contributed by atoms with Crippen molar-refractivity contribution in [3.8, 4) is 0 Å². The molecule has 5 saturated carbocycles. The van der Waals surface area contributed by atoms with Gasteiger partial charge in [0.25, 0.3) is 0 Å². The van der Waals surface area contributed by atoms with E-state index in [1.165, 1.54) is 75.4 Å². The number of nitrogens with one attached hydrogen (secondary N) is 2. The molecule has 0 spiro atoms. The number of ether oxygens (including phenoxy) is 1.